The van der Waals surface area contributed by atoms with Crippen molar-refractivity contribution in [2.75, 3.05) is 5.32 Å². The highest BCUT2D eigenvalue weighted by atomic mass is 16.4. The number of rotatable bonds is 3. The summed E-state index contributed by atoms with van der Waals surface area (Å²) < 4.78 is 0. The maximum atomic E-state index is 12.1. The number of aromatic carboxylic acids is 1. The summed E-state index contributed by atoms with van der Waals surface area (Å²) in [7, 11) is 0. The number of carboxylic acids is 1. The molecule has 0 bridgehead atoms. The topological polar surface area (TPSA) is 103 Å². The van der Waals surface area contributed by atoms with Crippen LogP contribution in [0.3, 0.4) is 0 Å². The SMILES string of the molecule is Cc1nc(C(=O)Nc2ccccc2C(=O)O)ccc1C#N. The van der Waals surface area contributed by atoms with Crippen molar-refractivity contribution in [2.24, 2.45) is 0 Å². The summed E-state index contributed by atoms with van der Waals surface area (Å²) in [6.07, 6.45) is 0. The second-order valence-corrected chi connectivity index (χ2v) is 4.25. The smallest absolute Gasteiger partial charge is 0.337 e. The van der Waals surface area contributed by atoms with Gasteiger partial charge in [-0.25, -0.2) is 9.78 Å². The van der Waals surface area contributed by atoms with Crippen LogP contribution in [0.25, 0.3) is 0 Å². The molecule has 0 aliphatic carbocycles. The molecule has 0 spiro atoms. The number of hydrogen-bond acceptors (Lipinski definition) is 4. The molecule has 0 unspecified atom stereocenters. The quantitative estimate of drug-likeness (QED) is 0.897. The van der Waals surface area contributed by atoms with Crippen LogP contribution in [0.15, 0.2) is 36.4 Å². The summed E-state index contributed by atoms with van der Waals surface area (Å²) in [6, 6.07) is 11.0. The van der Waals surface area contributed by atoms with Crippen molar-refractivity contribution in [1.29, 1.82) is 5.26 Å². The van der Waals surface area contributed by atoms with E-state index in [0.717, 1.165) is 0 Å². The van der Waals surface area contributed by atoms with Crippen LogP contribution >= 0.6 is 0 Å². The molecule has 0 atom stereocenters. The second kappa shape index (κ2) is 5.84. The minimum atomic E-state index is -1.13. The lowest BCUT2D eigenvalue weighted by molar-refractivity contribution is 0.0698. The molecule has 21 heavy (non-hydrogen) atoms. The third-order valence-corrected chi connectivity index (χ3v) is 2.84. The lowest BCUT2D eigenvalue weighted by atomic mass is 10.1. The van der Waals surface area contributed by atoms with Crippen LogP contribution < -0.4 is 5.32 Å². The highest BCUT2D eigenvalue weighted by molar-refractivity contribution is 6.06. The van der Waals surface area contributed by atoms with Crippen LogP contribution in [0, 0.1) is 18.3 Å². The Morgan fingerprint density at radius 1 is 1.24 bits per heavy atom. The average molecular weight is 281 g/mol. The highest BCUT2D eigenvalue weighted by Crippen LogP contribution is 2.16. The predicted octanol–water partition coefficient (Wildman–Crippen LogP) is 2.21. The fourth-order valence-electron chi connectivity index (χ4n) is 1.77. The van der Waals surface area contributed by atoms with Gasteiger partial charge in [-0.05, 0) is 31.2 Å². The molecule has 1 heterocycles. The molecule has 0 aliphatic rings. The molecule has 104 valence electrons. The normalized spacial score (nSPS) is 9.71. The summed E-state index contributed by atoms with van der Waals surface area (Å²) in [5, 5.41) is 20.4. The van der Waals surface area contributed by atoms with Crippen LogP contribution in [0.2, 0.25) is 0 Å². The minimum absolute atomic E-state index is 0.00350. The van der Waals surface area contributed by atoms with E-state index in [0.29, 0.717) is 11.3 Å². The fourth-order valence-corrected chi connectivity index (χ4v) is 1.77. The number of para-hydroxylation sites is 1. The molecule has 1 aromatic heterocycles. The Labute approximate surface area is 120 Å². The number of carbonyl (C=O) groups is 2. The first kappa shape index (κ1) is 14.2. The van der Waals surface area contributed by atoms with E-state index in [2.05, 4.69) is 10.3 Å². The number of nitrogens with zero attached hydrogens (tertiary/aromatic N) is 2. The van der Waals surface area contributed by atoms with Gasteiger partial charge in [0, 0.05) is 0 Å². The molecule has 0 fully saturated rings. The monoisotopic (exact) mass is 281 g/mol. The number of amides is 1. The summed E-state index contributed by atoms with van der Waals surface area (Å²) in [4.78, 5) is 27.2. The van der Waals surface area contributed by atoms with Gasteiger partial charge in [0.05, 0.1) is 22.5 Å². The van der Waals surface area contributed by atoms with Crippen LogP contribution in [0.1, 0.15) is 32.1 Å². The fraction of sp³-hybridized carbons (Fsp3) is 0.0667. The van der Waals surface area contributed by atoms with Gasteiger partial charge in [0.2, 0.25) is 0 Å². The van der Waals surface area contributed by atoms with Gasteiger partial charge in [0.15, 0.2) is 0 Å². The third-order valence-electron chi connectivity index (χ3n) is 2.84. The van der Waals surface area contributed by atoms with Crippen molar-refractivity contribution < 1.29 is 14.7 Å². The number of carbonyl (C=O) groups excluding carboxylic acids is 1. The number of benzene rings is 1. The van der Waals surface area contributed by atoms with E-state index in [1.165, 1.54) is 24.3 Å². The molecule has 2 aromatic rings. The van der Waals surface area contributed by atoms with Crippen LogP contribution in [-0.2, 0) is 0 Å². The zero-order valence-corrected chi connectivity index (χ0v) is 11.1. The Hall–Kier alpha value is -3.20. The van der Waals surface area contributed by atoms with E-state index in [1.54, 1.807) is 19.1 Å². The Kier molecular flexibility index (Phi) is 3.95. The van der Waals surface area contributed by atoms with E-state index in [1.807, 2.05) is 6.07 Å². The molecule has 6 nitrogen and oxygen atoms in total. The number of carboxylic acid groups (broad SMARTS) is 1. The van der Waals surface area contributed by atoms with Gasteiger partial charge in [-0.1, -0.05) is 12.1 Å². The Morgan fingerprint density at radius 3 is 2.57 bits per heavy atom. The molecule has 0 saturated heterocycles. The number of nitrogens with one attached hydrogen (secondary N) is 1. The zero-order valence-electron chi connectivity index (χ0n) is 11.1. The molecule has 0 aliphatic heterocycles. The highest BCUT2D eigenvalue weighted by Gasteiger charge is 2.14. The van der Waals surface area contributed by atoms with Gasteiger partial charge < -0.3 is 10.4 Å². The lowest BCUT2D eigenvalue weighted by Crippen LogP contribution is -2.16. The van der Waals surface area contributed by atoms with E-state index in [-0.39, 0.29) is 16.9 Å². The van der Waals surface area contributed by atoms with Crippen molar-refractivity contribution >= 4 is 17.6 Å². The van der Waals surface area contributed by atoms with Gasteiger partial charge in [-0.15, -0.1) is 0 Å². The summed E-state index contributed by atoms with van der Waals surface area (Å²) in [6.45, 7) is 1.63. The average Bonchev–Trinajstić information content (AvgIpc) is 2.47. The van der Waals surface area contributed by atoms with Crippen LogP contribution in [0.5, 0.6) is 0 Å². The Bertz CT molecular complexity index is 763. The number of anilines is 1. The standard InChI is InChI=1S/C15H11N3O3/c1-9-10(8-16)6-7-13(17-9)14(19)18-12-5-3-2-4-11(12)15(20)21/h2-7H,1H3,(H,18,19)(H,20,21). The van der Waals surface area contributed by atoms with Crippen molar-refractivity contribution in [1.82, 2.24) is 4.98 Å². The molecule has 1 aromatic carbocycles. The van der Waals surface area contributed by atoms with Crippen molar-refractivity contribution in [3.05, 3.63) is 58.9 Å². The maximum absolute atomic E-state index is 12.1. The number of pyridine rings is 1. The zero-order chi connectivity index (χ0) is 15.4. The van der Waals surface area contributed by atoms with Gasteiger partial charge >= 0.3 is 5.97 Å². The molecule has 0 saturated carbocycles. The number of aromatic nitrogens is 1. The second-order valence-electron chi connectivity index (χ2n) is 4.25. The van der Waals surface area contributed by atoms with E-state index >= 15 is 0 Å². The van der Waals surface area contributed by atoms with Crippen molar-refractivity contribution in [3.8, 4) is 6.07 Å². The molecule has 0 radical (unpaired) electrons. The third kappa shape index (κ3) is 3.04. The number of hydrogen-bond donors (Lipinski definition) is 2. The predicted molar refractivity (Wildman–Crippen MR) is 75.0 cm³/mol. The van der Waals surface area contributed by atoms with Gasteiger partial charge in [-0.3, -0.25) is 4.79 Å². The molecule has 2 N–H and O–H groups in total. The Balaban J connectivity index is 2.29. The summed E-state index contributed by atoms with van der Waals surface area (Å²) in [5.74, 6) is -1.66. The van der Waals surface area contributed by atoms with Crippen LogP contribution in [-0.4, -0.2) is 22.0 Å². The first-order chi connectivity index (χ1) is 10.0. The van der Waals surface area contributed by atoms with Crippen molar-refractivity contribution in [3.63, 3.8) is 0 Å². The Morgan fingerprint density at radius 2 is 1.95 bits per heavy atom. The molecular formula is C15H11N3O3. The van der Waals surface area contributed by atoms with Gasteiger partial charge in [0.25, 0.3) is 5.91 Å². The molecule has 1 amide bonds. The lowest BCUT2D eigenvalue weighted by Gasteiger charge is -2.08. The number of aryl methyl sites for hydroxylation is 1. The van der Waals surface area contributed by atoms with E-state index in [9.17, 15) is 9.59 Å². The first-order valence-electron chi connectivity index (χ1n) is 6.04. The van der Waals surface area contributed by atoms with Crippen LogP contribution in [0.4, 0.5) is 5.69 Å². The van der Waals surface area contributed by atoms with E-state index in [4.69, 9.17) is 10.4 Å². The summed E-state index contributed by atoms with van der Waals surface area (Å²) in [5.41, 5.74) is 1.14. The first-order valence-corrected chi connectivity index (χ1v) is 6.04. The minimum Gasteiger partial charge on any atom is -0.478 e. The van der Waals surface area contributed by atoms with E-state index < -0.39 is 11.9 Å². The molecular weight excluding hydrogens is 270 g/mol. The molecule has 2 rings (SSSR count). The molecule has 6 heteroatoms. The van der Waals surface area contributed by atoms with Crippen molar-refractivity contribution in [2.45, 2.75) is 6.92 Å². The maximum Gasteiger partial charge on any atom is 0.337 e. The van der Waals surface area contributed by atoms with Gasteiger partial charge in [-0.2, -0.15) is 5.26 Å². The largest absolute Gasteiger partial charge is 0.478 e. The van der Waals surface area contributed by atoms with Gasteiger partial charge in [0.1, 0.15) is 11.8 Å². The number of nitriles is 1. The summed E-state index contributed by atoms with van der Waals surface area (Å²) >= 11 is 0.